The lowest BCUT2D eigenvalue weighted by Gasteiger charge is -2.44. The Morgan fingerprint density at radius 3 is 1.95 bits per heavy atom. The number of hydrogen-bond acceptors (Lipinski definition) is 3. The van der Waals surface area contributed by atoms with Crippen molar-refractivity contribution in [2.24, 2.45) is 0 Å². The van der Waals surface area contributed by atoms with Gasteiger partial charge in [-0.1, -0.05) is 137 Å². The minimum Gasteiger partial charge on any atom is -0.311 e. The summed E-state index contributed by atoms with van der Waals surface area (Å²) in [5.41, 5.74) is 21.7. The van der Waals surface area contributed by atoms with Crippen molar-refractivity contribution in [3.63, 3.8) is 0 Å². The largest absolute Gasteiger partial charge is 0.311 e. The first-order valence-corrected chi connectivity index (χ1v) is 24.2. The Kier molecular flexibility index (Phi) is 9.76. The summed E-state index contributed by atoms with van der Waals surface area (Å²) >= 11 is 2.00. The summed E-state index contributed by atoms with van der Waals surface area (Å²) < 4.78 is 2.78. The molecule has 0 unspecified atom stereocenters. The van der Waals surface area contributed by atoms with Crippen molar-refractivity contribution in [3.8, 4) is 11.1 Å². The van der Waals surface area contributed by atoms with Crippen molar-refractivity contribution < 1.29 is 0 Å². The molecular formula is C58H63BN2S. The molecule has 0 N–H and O–H groups in total. The zero-order valence-corrected chi connectivity index (χ0v) is 39.8. The van der Waals surface area contributed by atoms with Crippen LogP contribution in [0.15, 0.2) is 115 Å². The molecule has 62 heavy (non-hydrogen) atoms. The molecule has 7 aromatic rings. The van der Waals surface area contributed by atoms with Crippen LogP contribution in [0.2, 0.25) is 0 Å². The van der Waals surface area contributed by atoms with Crippen LogP contribution >= 0.6 is 11.3 Å². The van der Waals surface area contributed by atoms with Gasteiger partial charge in [0.15, 0.2) is 0 Å². The van der Waals surface area contributed by atoms with Gasteiger partial charge in [0.05, 0.1) is 11.4 Å². The third-order valence-corrected chi connectivity index (χ3v) is 15.9. The summed E-state index contributed by atoms with van der Waals surface area (Å²) in [5, 5.41) is 1.35. The molecule has 2 aliphatic heterocycles. The second-order valence-corrected chi connectivity index (χ2v) is 22.6. The average molecular weight is 831 g/mol. The topological polar surface area (TPSA) is 6.48 Å². The van der Waals surface area contributed by atoms with Crippen molar-refractivity contribution in [3.05, 3.63) is 149 Å². The van der Waals surface area contributed by atoms with Gasteiger partial charge >= 0.3 is 0 Å². The van der Waals surface area contributed by atoms with Gasteiger partial charge in [0.2, 0.25) is 0 Å². The smallest absolute Gasteiger partial charge is 0.264 e. The van der Waals surface area contributed by atoms with E-state index in [1.54, 1.807) is 0 Å². The fraction of sp³-hybridized carbons (Fsp3) is 0.345. The van der Waals surface area contributed by atoms with Crippen molar-refractivity contribution in [2.45, 2.75) is 130 Å². The molecule has 4 heteroatoms. The fourth-order valence-corrected chi connectivity index (χ4v) is 11.7. The highest BCUT2D eigenvalue weighted by atomic mass is 32.1. The van der Waals surface area contributed by atoms with Gasteiger partial charge < -0.3 is 9.80 Å². The number of nitrogens with zero attached hydrogens (tertiary/aromatic N) is 2. The molecular weight excluding hydrogens is 768 g/mol. The van der Waals surface area contributed by atoms with E-state index in [1.807, 2.05) is 11.3 Å². The van der Waals surface area contributed by atoms with Crippen molar-refractivity contribution in [1.82, 2.24) is 0 Å². The number of rotatable bonds is 6. The van der Waals surface area contributed by atoms with Gasteiger partial charge in [-0.25, -0.2) is 0 Å². The predicted molar refractivity (Wildman–Crippen MR) is 273 cm³/mol. The molecule has 3 aliphatic rings. The lowest BCUT2D eigenvalue weighted by molar-refractivity contribution is 0.506. The van der Waals surface area contributed by atoms with Crippen LogP contribution in [0, 0.1) is 0 Å². The Bertz CT molecular complexity index is 2880. The van der Waals surface area contributed by atoms with E-state index in [2.05, 4.69) is 201 Å². The lowest BCUT2D eigenvalue weighted by atomic mass is 9.36. The maximum absolute atomic E-state index is 2.64. The summed E-state index contributed by atoms with van der Waals surface area (Å²) in [4.78, 5) is 5.26. The standard InChI is InChI=1S/C58H63BN2S/c1-12-58(10,11)41-23-27-44(28-24-41)60-50-18-15-19-51-53(50)59(55-54(60)46-35-43(57(7,8)9)26-31-52(46)62-55)47-33-38(36(2)3)22-29-49(47)61(51)48-30-25-42(56(4,5)6)34-45(48)40-21-20-37-16-13-14-17-39(37)32-40/h15,18-36H,12-14,16-17H2,1-11H3. The summed E-state index contributed by atoms with van der Waals surface area (Å²) in [6.07, 6.45) is 6.01. The van der Waals surface area contributed by atoms with E-state index in [0.29, 0.717) is 5.92 Å². The molecule has 0 fully saturated rings. The van der Waals surface area contributed by atoms with Crippen LogP contribution in [0.25, 0.3) is 21.2 Å². The Morgan fingerprint density at radius 2 is 1.26 bits per heavy atom. The minimum atomic E-state index is 0.0112. The quantitative estimate of drug-likeness (QED) is 0.154. The van der Waals surface area contributed by atoms with Gasteiger partial charge in [-0.3, -0.25) is 0 Å². The average Bonchev–Trinajstić information content (AvgIpc) is 3.64. The van der Waals surface area contributed by atoms with Crippen LogP contribution in [0.4, 0.5) is 34.1 Å². The summed E-state index contributed by atoms with van der Waals surface area (Å²) in [7, 11) is 0. The van der Waals surface area contributed by atoms with E-state index in [9.17, 15) is 0 Å². The molecule has 0 radical (unpaired) electrons. The van der Waals surface area contributed by atoms with Crippen LogP contribution in [-0.4, -0.2) is 6.71 Å². The van der Waals surface area contributed by atoms with Gasteiger partial charge in [-0.15, -0.1) is 11.3 Å². The van der Waals surface area contributed by atoms with Crippen LogP contribution in [0.1, 0.15) is 135 Å². The van der Waals surface area contributed by atoms with E-state index in [4.69, 9.17) is 0 Å². The maximum atomic E-state index is 2.64. The van der Waals surface area contributed by atoms with E-state index >= 15 is 0 Å². The first-order chi connectivity index (χ1) is 29.5. The van der Waals surface area contributed by atoms with E-state index < -0.39 is 0 Å². The van der Waals surface area contributed by atoms with Crippen LogP contribution in [0.3, 0.4) is 0 Å². The second kappa shape index (κ2) is 14.8. The number of anilines is 6. The normalized spacial score (nSPS) is 14.9. The number of fused-ring (bicyclic) bond motifs is 7. The number of thiophene rings is 1. The van der Waals surface area contributed by atoms with E-state index in [0.717, 1.165) is 12.8 Å². The third kappa shape index (κ3) is 6.66. The molecule has 0 spiro atoms. The van der Waals surface area contributed by atoms with Crippen molar-refractivity contribution in [1.29, 1.82) is 0 Å². The van der Waals surface area contributed by atoms with Crippen molar-refractivity contribution in [2.75, 3.05) is 9.80 Å². The highest BCUT2D eigenvalue weighted by Crippen LogP contribution is 2.50. The maximum Gasteiger partial charge on any atom is 0.264 e. The minimum absolute atomic E-state index is 0.0112. The summed E-state index contributed by atoms with van der Waals surface area (Å²) in [5.74, 6) is 0.407. The Balaban J connectivity index is 1.28. The Labute approximate surface area is 376 Å². The molecule has 2 nitrogen and oxygen atoms in total. The first kappa shape index (κ1) is 41.0. The molecule has 3 heterocycles. The molecule has 1 aliphatic carbocycles. The molecule has 6 aromatic carbocycles. The van der Waals surface area contributed by atoms with E-state index in [-0.39, 0.29) is 23.0 Å². The number of benzene rings is 6. The Morgan fingerprint density at radius 1 is 0.613 bits per heavy atom. The first-order valence-electron chi connectivity index (χ1n) is 23.3. The zero-order valence-electron chi connectivity index (χ0n) is 39.0. The molecule has 0 amide bonds. The fourth-order valence-electron chi connectivity index (χ4n) is 10.4. The highest BCUT2D eigenvalue weighted by molar-refractivity contribution is 7.33. The number of aryl methyl sites for hydroxylation is 2. The van der Waals surface area contributed by atoms with E-state index in [1.165, 1.54) is 124 Å². The zero-order chi connectivity index (χ0) is 43.5. The molecule has 314 valence electrons. The molecule has 10 rings (SSSR count). The monoisotopic (exact) mass is 830 g/mol. The molecule has 0 bridgehead atoms. The second-order valence-electron chi connectivity index (χ2n) is 21.5. The summed E-state index contributed by atoms with van der Waals surface area (Å²) in [6.45, 7) is 25.9. The molecule has 1 aromatic heterocycles. The van der Waals surface area contributed by atoms with Gasteiger partial charge in [0.25, 0.3) is 6.71 Å². The van der Waals surface area contributed by atoms with Gasteiger partial charge in [-0.2, -0.15) is 0 Å². The Hall–Kier alpha value is -5.06. The van der Waals surface area contributed by atoms with Crippen molar-refractivity contribution >= 4 is 78.0 Å². The molecule has 0 saturated heterocycles. The van der Waals surface area contributed by atoms with Gasteiger partial charge in [0.1, 0.15) is 0 Å². The van der Waals surface area contributed by atoms with Crippen LogP contribution < -0.4 is 25.5 Å². The molecule has 0 saturated carbocycles. The lowest BCUT2D eigenvalue weighted by Crippen LogP contribution is -2.60. The third-order valence-electron chi connectivity index (χ3n) is 14.7. The SMILES string of the molecule is CCC(C)(C)c1ccc(N2c3cccc4c3B(c3cc(C(C)C)ccc3N4c3ccc(C(C)(C)C)cc3-c3ccc4c(c3)CCCC4)c3sc4ccc(C(C)(C)C)cc4c32)cc1. The number of hydrogen-bond donors (Lipinski definition) is 0. The predicted octanol–water partition coefficient (Wildman–Crippen LogP) is 14.9. The van der Waals surface area contributed by atoms with Gasteiger partial charge in [0, 0.05) is 43.2 Å². The van der Waals surface area contributed by atoms with Crippen LogP contribution in [0.5, 0.6) is 0 Å². The summed E-state index contributed by atoms with van der Waals surface area (Å²) in [6, 6.07) is 46.0. The van der Waals surface area contributed by atoms with Gasteiger partial charge in [-0.05, 0) is 159 Å². The molecule has 0 atom stereocenters. The van der Waals surface area contributed by atoms with Crippen LogP contribution in [-0.2, 0) is 29.1 Å². The highest BCUT2D eigenvalue weighted by Gasteiger charge is 2.46.